The number of anilines is 2. The van der Waals surface area contributed by atoms with Crippen LogP contribution in [-0.4, -0.2) is 72.8 Å². The molecule has 0 radical (unpaired) electrons. The Labute approximate surface area is 188 Å². The molecule has 1 atom stereocenters. The van der Waals surface area contributed by atoms with E-state index in [9.17, 15) is 9.18 Å². The van der Waals surface area contributed by atoms with Gasteiger partial charge < -0.3 is 20.0 Å². The molecule has 1 spiro atoms. The van der Waals surface area contributed by atoms with Gasteiger partial charge in [-0.15, -0.1) is 5.53 Å². The van der Waals surface area contributed by atoms with Gasteiger partial charge >= 0.3 is 6.09 Å². The monoisotopic (exact) mass is 445 g/mol. The first-order chi connectivity index (χ1) is 15.5. The molecule has 1 aliphatic carbocycles. The van der Waals surface area contributed by atoms with Crippen molar-refractivity contribution >= 4 is 17.6 Å². The molecule has 9 nitrogen and oxygen atoms in total. The second-order valence-corrected chi connectivity index (χ2v) is 9.37. The molecule has 3 fully saturated rings. The Balaban J connectivity index is 1.18. The van der Waals surface area contributed by atoms with Gasteiger partial charge in [-0.3, -0.25) is 9.91 Å². The molecular weight excluding hydrogens is 413 g/mol. The number of hydrogen-bond donors (Lipinski definition) is 2. The smallest absolute Gasteiger partial charge is 0.409 e. The summed E-state index contributed by atoms with van der Waals surface area (Å²) in [6.07, 6.45) is 5.24. The molecule has 1 aromatic heterocycles. The van der Waals surface area contributed by atoms with Gasteiger partial charge in [-0.25, -0.2) is 9.78 Å². The molecule has 4 heterocycles. The number of nitrogens with zero attached hydrogens (tertiary/aromatic N) is 5. The van der Waals surface area contributed by atoms with Crippen molar-refractivity contribution in [2.45, 2.75) is 39.2 Å². The largest absolute Gasteiger partial charge is 0.450 e. The van der Waals surface area contributed by atoms with Crippen LogP contribution in [-0.2, 0) is 4.74 Å². The molecule has 1 amide bonds. The van der Waals surface area contributed by atoms with Crippen LogP contribution >= 0.6 is 0 Å². The zero-order chi connectivity index (χ0) is 22.3. The van der Waals surface area contributed by atoms with E-state index in [4.69, 9.17) is 4.74 Å². The van der Waals surface area contributed by atoms with Crippen LogP contribution in [0.4, 0.5) is 20.7 Å². The summed E-state index contributed by atoms with van der Waals surface area (Å²) in [5.74, 6) is 0.199. The summed E-state index contributed by atoms with van der Waals surface area (Å²) in [6.45, 7) is 9.36. The molecule has 1 aromatic rings. The van der Waals surface area contributed by atoms with Gasteiger partial charge in [0, 0.05) is 62.6 Å². The Morgan fingerprint density at radius 2 is 2.06 bits per heavy atom. The van der Waals surface area contributed by atoms with Crippen LogP contribution in [0.15, 0.2) is 24.0 Å². The first-order valence-electron chi connectivity index (χ1n) is 11.5. The zero-order valence-corrected chi connectivity index (χ0v) is 18.8. The van der Waals surface area contributed by atoms with Gasteiger partial charge in [-0.2, -0.15) is 4.39 Å². The molecule has 174 valence electrons. The summed E-state index contributed by atoms with van der Waals surface area (Å²) in [4.78, 5) is 22.7. The van der Waals surface area contributed by atoms with Crippen LogP contribution in [0.3, 0.4) is 0 Å². The molecule has 0 aromatic carbocycles. The molecule has 2 N–H and O–H groups in total. The van der Waals surface area contributed by atoms with E-state index in [1.165, 1.54) is 18.9 Å². The molecular formula is C22H32FN7O2. The number of nitrogens with one attached hydrogen (secondary N) is 2. The highest BCUT2D eigenvalue weighted by molar-refractivity contribution is 5.69. The summed E-state index contributed by atoms with van der Waals surface area (Å²) in [5, 5.41) is 1.84. The molecule has 32 heavy (non-hydrogen) atoms. The molecule has 2 saturated heterocycles. The number of carbonyl (C=O) groups is 1. The lowest BCUT2D eigenvalue weighted by Gasteiger charge is -2.48. The number of piperazine rings is 1. The van der Waals surface area contributed by atoms with E-state index in [0.29, 0.717) is 18.5 Å². The van der Waals surface area contributed by atoms with E-state index in [-0.39, 0.29) is 11.5 Å². The van der Waals surface area contributed by atoms with E-state index in [1.54, 1.807) is 6.07 Å². The zero-order valence-electron chi connectivity index (χ0n) is 18.8. The lowest BCUT2D eigenvalue weighted by Crippen LogP contribution is -2.58. The summed E-state index contributed by atoms with van der Waals surface area (Å²) >= 11 is 0. The van der Waals surface area contributed by atoms with Gasteiger partial charge in [0.15, 0.2) is 5.82 Å². The maximum atomic E-state index is 14.0. The SMILES string of the molecule is CCOC(=O)N1CC2(CC[C@@H](N3CCN(c4nc(F)ccc4N4C=C(C)NN4)CC3)C2)C1. The highest BCUT2D eigenvalue weighted by Crippen LogP contribution is 2.47. The molecule has 10 heteroatoms. The number of amides is 1. The molecule has 0 bridgehead atoms. The van der Waals surface area contributed by atoms with Crippen molar-refractivity contribution in [1.29, 1.82) is 0 Å². The van der Waals surface area contributed by atoms with E-state index < -0.39 is 5.95 Å². The molecule has 4 aliphatic rings. The van der Waals surface area contributed by atoms with Gasteiger partial charge in [0.1, 0.15) is 5.69 Å². The first kappa shape index (κ1) is 21.3. The number of halogens is 1. The summed E-state index contributed by atoms with van der Waals surface area (Å²) in [6, 6.07) is 3.71. The quantitative estimate of drug-likeness (QED) is 0.682. The molecule has 3 aliphatic heterocycles. The fourth-order valence-corrected chi connectivity index (χ4v) is 5.56. The number of hydrazine groups is 2. The van der Waals surface area contributed by atoms with Crippen LogP contribution in [0.1, 0.15) is 33.1 Å². The van der Waals surface area contributed by atoms with Gasteiger partial charge in [0.25, 0.3) is 0 Å². The normalized spacial score (nSPS) is 25.0. The standard InChI is InChI=1S/C22H32FN7O2/c1-3-32-21(31)29-14-22(15-29)7-6-17(12-22)27-8-10-28(11-9-27)20-18(4-5-19(23)24-20)30-13-16(2)25-26-30/h4-5,13,17,25-26H,3,6-12,14-15H2,1-2H3/t17-/m1/s1. The second-order valence-electron chi connectivity index (χ2n) is 9.37. The Morgan fingerprint density at radius 3 is 2.75 bits per heavy atom. The molecule has 5 rings (SSSR count). The average molecular weight is 446 g/mol. The minimum absolute atomic E-state index is 0.179. The number of carbonyl (C=O) groups excluding carboxylic acids is 1. The van der Waals surface area contributed by atoms with Crippen molar-refractivity contribution in [2.75, 3.05) is 55.8 Å². The van der Waals surface area contributed by atoms with E-state index in [1.807, 2.05) is 30.0 Å². The van der Waals surface area contributed by atoms with Crippen LogP contribution in [0, 0.1) is 11.4 Å². The van der Waals surface area contributed by atoms with Crippen molar-refractivity contribution in [2.24, 2.45) is 5.41 Å². The van der Waals surface area contributed by atoms with Crippen LogP contribution in [0.2, 0.25) is 0 Å². The lowest BCUT2D eigenvalue weighted by molar-refractivity contribution is -0.00294. The van der Waals surface area contributed by atoms with Crippen molar-refractivity contribution in [1.82, 2.24) is 25.7 Å². The number of ether oxygens (including phenoxy) is 1. The first-order valence-corrected chi connectivity index (χ1v) is 11.5. The topological polar surface area (TPSA) is 76.2 Å². The Morgan fingerprint density at radius 1 is 1.28 bits per heavy atom. The highest BCUT2D eigenvalue weighted by Gasteiger charge is 2.51. The summed E-state index contributed by atoms with van der Waals surface area (Å²) < 4.78 is 19.1. The Hall–Kier alpha value is -2.59. The van der Waals surface area contributed by atoms with Gasteiger partial charge in [0.2, 0.25) is 5.95 Å². The second kappa shape index (κ2) is 8.40. The van der Waals surface area contributed by atoms with Gasteiger partial charge in [-0.1, -0.05) is 0 Å². The maximum Gasteiger partial charge on any atom is 0.409 e. The predicted octanol–water partition coefficient (Wildman–Crippen LogP) is 2.04. The van der Waals surface area contributed by atoms with E-state index in [2.05, 4.69) is 25.7 Å². The van der Waals surface area contributed by atoms with Gasteiger partial charge in [0.05, 0.1) is 6.61 Å². The predicted molar refractivity (Wildman–Crippen MR) is 119 cm³/mol. The average Bonchev–Trinajstić information content (AvgIpc) is 3.40. The minimum atomic E-state index is -0.465. The van der Waals surface area contributed by atoms with E-state index >= 15 is 0 Å². The van der Waals surface area contributed by atoms with Crippen LogP contribution < -0.4 is 20.9 Å². The Kier molecular flexibility index (Phi) is 5.58. The number of likely N-dealkylation sites (tertiary alicyclic amines) is 1. The fourth-order valence-electron chi connectivity index (χ4n) is 5.56. The number of hydrogen-bond acceptors (Lipinski definition) is 8. The molecule has 0 unspecified atom stereocenters. The van der Waals surface area contributed by atoms with E-state index in [0.717, 1.165) is 57.1 Å². The third-order valence-corrected chi connectivity index (χ3v) is 7.16. The minimum Gasteiger partial charge on any atom is -0.450 e. The van der Waals surface area contributed by atoms with Crippen molar-refractivity contribution in [3.05, 3.63) is 30.0 Å². The van der Waals surface area contributed by atoms with Gasteiger partial charge in [-0.05, 0) is 45.2 Å². The number of rotatable bonds is 4. The maximum absolute atomic E-state index is 14.0. The Bertz CT molecular complexity index is 896. The third kappa shape index (κ3) is 3.97. The fraction of sp³-hybridized carbons (Fsp3) is 0.636. The van der Waals surface area contributed by atoms with Crippen molar-refractivity contribution < 1.29 is 13.9 Å². The van der Waals surface area contributed by atoms with Crippen LogP contribution in [0.5, 0.6) is 0 Å². The lowest BCUT2D eigenvalue weighted by atomic mass is 9.78. The van der Waals surface area contributed by atoms with Crippen LogP contribution in [0.25, 0.3) is 0 Å². The summed E-state index contributed by atoms with van der Waals surface area (Å²) in [7, 11) is 0. The number of pyridine rings is 1. The number of allylic oxidation sites excluding steroid dienone is 1. The molecule has 1 saturated carbocycles. The number of aromatic nitrogens is 1. The van der Waals surface area contributed by atoms with Crippen molar-refractivity contribution in [3.8, 4) is 0 Å². The summed E-state index contributed by atoms with van der Waals surface area (Å²) in [5.41, 5.74) is 8.20. The van der Waals surface area contributed by atoms with Crippen molar-refractivity contribution in [3.63, 3.8) is 0 Å². The highest BCUT2D eigenvalue weighted by atomic mass is 19.1. The third-order valence-electron chi connectivity index (χ3n) is 7.16.